The number of hydrogen-bond donors (Lipinski definition) is 0. The van der Waals surface area contributed by atoms with E-state index in [1.165, 1.54) is 14.2 Å². The first kappa shape index (κ1) is 18.7. The van der Waals surface area contributed by atoms with E-state index in [9.17, 15) is 9.59 Å². The minimum atomic E-state index is -1.52. The van der Waals surface area contributed by atoms with E-state index in [1.807, 2.05) is 54.6 Å². The summed E-state index contributed by atoms with van der Waals surface area (Å²) >= 11 is 0. The van der Waals surface area contributed by atoms with Crippen molar-refractivity contribution >= 4 is 18.0 Å². The lowest BCUT2D eigenvalue weighted by atomic mass is 9.74. The van der Waals surface area contributed by atoms with Crippen LogP contribution >= 0.6 is 0 Å². The topological polar surface area (TPSA) is 61.8 Å². The third-order valence-electron chi connectivity index (χ3n) is 5.10. The van der Waals surface area contributed by atoms with E-state index in [1.54, 1.807) is 13.2 Å². The fraction of sp³-hybridized carbons (Fsp3) is 0.273. The maximum Gasteiger partial charge on any atom is 0.328 e. The number of carbonyl (C=O) groups is 2. The van der Waals surface area contributed by atoms with Crippen molar-refractivity contribution < 1.29 is 23.8 Å². The van der Waals surface area contributed by atoms with Crippen molar-refractivity contribution in [2.75, 3.05) is 21.3 Å². The van der Waals surface area contributed by atoms with Crippen LogP contribution in [0.3, 0.4) is 0 Å². The number of para-hydroxylation sites is 1. The zero-order valence-corrected chi connectivity index (χ0v) is 15.6. The highest BCUT2D eigenvalue weighted by Crippen LogP contribution is 2.46. The molecule has 0 radical (unpaired) electrons. The van der Waals surface area contributed by atoms with E-state index in [4.69, 9.17) is 14.2 Å². The molecule has 0 spiro atoms. The Balaban J connectivity index is 2.12. The van der Waals surface area contributed by atoms with E-state index in [-0.39, 0.29) is 0 Å². The number of esters is 2. The summed E-state index contributed by atoms with van der Waals surface area (Å²) in [5.41, 5.74) is 0.916. The highest BCUT2D eigenvalue weighted by molar-refractivity contribution is 6.08. The summed E-state index contributed by atoms with van der Waals surface area (Å²) in [5, 5.41) is 0. The van der Waals surface area contributed by atoms with Crippen LogP contribution in [0, 0.1) is 5.92 Å². The van der Waals surface area contributed by atoms with E-state index in [0.717, 1.165) is 11.1 Å². The molecule has 0 amide bonds. The summed E-state index contributed by atoms with van der Waals surface area (Å²) in [5.74, 6) is -0.950. The largest absolute Gasteiger partial charge is 0.496 e. The average Bonchev–Trinajstić information content (AvgIpc) is 3.06. The lowest BCUT2D eigenvalue weighted by Crippen LogP contribution is -2.48. The summed E-state index contributed by atoms with van der Waals surface area (Å²) in [4.78, 5) is 25.7. The summed E-state index contributed by atoms with van der Waals surface area (Å²) in [7, 11) is 4.18. The minimum Gasteiger partial charge on any atom is -0.496 e. The molecular weight excluding hydrogens is 344 g/mol. The van der Waals surface area contributed by atoms with Gasteiger partial charge in [0.25, 0.3) is 0 Å². The third kappa shape index (κ3) is 2.99. The fourth-order valence-corrected chi connectivity index (χ4v) is 3.84. The van der Waals surface area contributed by atoms with E-state index < -0.39 is 23.3 Å². The monoisotopic (exact) mass is 366 g/mol. The van der Waals surface area contributed by atoms with Crippen molar-refractivity contribution in [3.05, 3.63) is 71.3 Å². The predicted molar refractivity (Wildman–Crippen MR) is 101 cm³/mol. The molecule has 2 aromatic rings. The summed E-state index contributed by atoms with van der Waals surface area (Å²) in [6.45, 7) is 0. The highest BCUT2D eigenvalue weighted by Gasteiger charge is 2.59. The molecule has 5 nitrogen and oxygen atoms in total. The molecule has 0 aromatic heterocycles. The van der Waals surface area contributed by atoms with Gasteiger partial charge in [-0.3, -0.25) is 9.59 Å². The van der Waals surface area contributed by atoms with Crippen molar-refractivity contribution in [3.8, 4) is 5.75 Å². The first-order valence-corrected chi connectivity index (χ1v) is 8.66. The summed E-state index contributed by atoms with van der Waals surface area (Å²) in [6, 6.07) is 15.0. The molecule has 0 unspecified atom stereocenters. The first-order chi connectivity index (χ1) is 13.1. The molecule has 0 saturated carbocycles. The second-order valence-corrected chi connectivity index (χ2v) is 6.36. The van der Waals surface area contributed by atoms with Crippen molar-refractivity contribution in [2.45, 2.75) is 11.8 Å². The molecule has 5 heteroatoms. The molecule has 140 valence electrons. The van der Waals surface area contributed by atoms with E-state index in [0.29, 0.717) is 17.7 Å². The quantitative estimate of drug-likeness (QED) is 0.601. The summed E-state index contributed by atoms with van der Waals surface area (Å²) < 4.78 is 15.5. The van der Waals surface area contributed by atoms with Crippen molar-refractivity contribution in [1.82, 2.24) is 0 Å². The molecule has 0 saturated heterocycles. The van der Waals surface area contributed by atoms with Gasteiger partial charge in [-0.25, -0.2) is 0 Å². The van der Waals surface area contributed by atoms with Gasteiger partial charge in [-0.2, -0.15) is 0 Å². The second-order valence-electron chi connectivity index (χ2n) is 6.36. The van der Waals surface area contributed by atoms with Crippen molar-refractivity contribution in [1.29, 1.82) is 0 Å². The summed E-state index contributed by atoms with van der Waals surface area (Å²) in [6.07, 6.45) is 4.27. The number of fused-ring (bicyclic) bond motifs is 1. The Morgan fingerprint density at radius 1 is 0.963 bits per heavy atom. The van der Waals surface area contributed by atoms with Gasteiger partial charge in [0.2, 0.25) is 0 Å². The Morgan fingerprint density at radius 2 is 1.59 bits per heavy atom. The van der Waals surface area contributed by atoms with Gasteiger partial charge in [-0.15, -0.1) is 0 Å². The number of hydrogen-bond acceptors (Lipinski definition) is 5. The van der Waals surface area contributed by atoms with Gasteiger partial charge >= 0.3 is 11.9 Å². The SMILES string of the molecule is COC(=O)C1(C(=O)OC)c2ccccc2C[C@H]1/C=C/c1ccccc1OC. The molecule has 2 aromatic carbocycles. The second kappa shape index (κ2) is 7.66. The Bertz CT molecular complexity index is 868. The third-order valence-corrected chi connectivity index (χ3v) is 5.10. The minimum absolute atomic E-state index is 0.431. The Kier molecular flexibility index (Phi) is 5.31. The van der Waals surface area contributed by atoms with Gasteiger partial charge in [0.05, 0.1) is 21.3 Å². The number of ether oxygens (including phenoxy) is 3. The molecule has 0 heterocycles. The number of carbonyl (C=O) groups excluding carboxylic acids is 2. The standard InChI is InChI=1S/C22H22O5/c1-25-19-11-7-5-8-15(19)12-13-17-14-16-9-4-6-10-18(16)22(17,20(23)26-2)21(24)27-3/h4-13,17H,14H2,1-3H3/b13-12+/t17-/m1/s1. The average molecular weight is 366 g/mol. The maximum atomic E-state index is 12.9. The highest BCUT2D eigenvalue weighted by atomic mass is 16.5. The number of benzene rings is 2. The van der Waals surface area contributed by atoms with Gasteiger partial charge < -0.3 is 14.2 Å². The van der Waals surface area contributed by atoms with Gasteiger partial charge in [0, 0.05) is 11.5 Å². The Hall–Kier alpha value is -3.08. The van der Waals surface area contributed by atoms with E-state index in [2.05, 4.69) is 0 Å². The van der Waals surface area contributed by atoms with Crippen LogP contribution in [0.15, 0.2) is 54.6 Å². The van der Waals surface area contributed by atoms with Crippen molar-refractivity contribution in [2.24, 2.45) is 5.92 Å². The van der Waals surface area contributed by atoms with Crippen molar-refractivity contribution in [3.63, 3.8) is 0 Å². The van der Waals surface area contributed by atoms with Crippen LogP contribution in [0.1, 0.15) is 16.7 Å². The molecule has 1 aliphatic carbocycles. The van der Waals surface area contributed by atoms with Crippen LogP contribution in [0.4, 0.5) is 0 Å². The van der Waals surface area contributed by atoms with Crippen LogP contribution in [0.2, 0.25) is 0 Å². The molecule has 0 bridgehead atoms. The molecular formula is C22H22O5. The van der Waals surface area contributed by atoms with Crippen LogP contribution < -0.4 is 4.74 Å². The van der Waals surface area contributed by atoms with Crippen LogP contribution in [-0.4, -0.2) is 33.3 Å². The fourth-order valence-electron chi connectivity index (χ4n) is 3.84. The Labute approximate surface area is 158 Å². The van der Waals surface area contributed by atoms with Gasteiger partial charge in [-0.1, -0.05) is 54.6 Å². The number of allylic oxidation sites excluding steroid dienone is 1. The molecule has 0 aliphatic heterocycles. The molecule has 3 rings (SSSR count). The van der Waals surface area contributed by atoms with Crippen LogP contribution in [0.5, 0.6) is 5.75 Å². The normalized spacial score (nSPS) is 17.4. The van der Waals surface area contributed by atoms with Gasteiger partial charge in [0.15, 0.2) is 5.41 Å². The molecule has 27 heavy (non-hydrogen) atoms. The van der Waals surface area contributed by atoms with Gasteiger partial charge in [0.1, 0.15) is 5.75 Å². The lowest BCUT2D eigenvalue weighted by molar-refractivity contribution is -0.163. The van der Waals surface area contributed by atoms with Crippen LogP contribution in [0.25, 0.3) is 6.08 Å². The zero-order valence-electron chi connectivity index (χ0n) is 15.6. The number of methoxy groups -OCH3 is 3. The maximum absolute atomic E-state index is 12.9. The molecule has 1 aliphatic rings. The molecule has 1 atom stereocenters. The molecule has 0 fully saturated rings. The smallest absolute Gasteiger partial charge is 0.328 e. The van der Waals surface area contributed by atoms with Crippen LogP contribution in [-0.2, 0) is 30.9 Å². The molecule has 0 N–H and O–H groups in total. The van der Waals surface area contributed by atoms with Gasteiger partial charge in [-0.05, 0) is 23.6 Å². The zero-order chi connectivity index (χ0) is 19.4. The number of rotatable bonds is 5. The lowest BCUT2D eigenvalue weighted by Gasteiger charge is -2.29. The first-order valence-electron chi connectivity index (χ1n) is 8.66. The predicted octanol–water partition coefficient (Wildman–Crippen LogP) is 3.16. The Morgan fingerprint density at radius 3 is 2.26 bits per heavy atom. The van der Waals surface area contributed by atoms with E-state index >= 15 is 0 Å².